The fourth-order valence-electron chi connectivity index (χ4n) is 4.76. The van der Waals surface area contributed by atoms with E-state index >= 15 is 0 Å². The van der Waals surface area contributed by atoms with Gasteiger partial charge in [-0.25, -0.2) is 0 Å². The van der Waals surface area contributed by atoms with Gasteiger partial charge in [-0.1, -0.05) is 20.3 Å². The first-order valence-corrected chi connectivity index (χ1v) is 5.74. The third-order valence-corrected chi connectivity index (χ3v) is 5.54. The van der Waals surface area contributed by atoms with E-state index in [0.29, 0.717) is 0 Å². The second-order valence-corrected chi connectivity index (χ2v) is 5.73. The van der Waals surface area contributed by atoms with Gasteiger partial charge in [-0.3, -0.25) is 0 Å². The predicted octanol–water partition coefficient (Wildman–Crippen LogP) is 3.47. The second kappa shape index (κ2) is 2.08. The van der Waals surface area contributed by atoms with Crippen LogP contribution in [0.1, 0.15) is 46.0 Å². The Morgan fingerprint density at radius 2 is 2.00 bits per heavy atom. The van der Waals surface area contributed by atoms with E-state index in [4.69, 9.17) is 0 Å². The highest BCUT2D eigenvalue weighted by molar-refractivity contribution is 5.08. The molecule has 0 heterocycles. The zero-order valence-electron chi connectivity index (χ0n) is 8.34. The van der Waals surface area contributed by atoms with Gasteiger partial charge in [0.2, 0.25) is 0 Å². The third kappa shape index (κ3) is 0.661. The van der Waals surface area contributed by atoms with Crippen LogP contribution < -0.4 is 0 Å². The van der Waals surface area contributed by atoms with E-state index in [0.717, 1.165) is 29.1 Å². The highest BCUT2D eigenvalue weighted by Gasteiger charge is 2.58. The second-order valence-electron chi connectivity index (χ2n) is 5.73. The van der Waals surface area contributed by atoms with Crippen LogP contribution in [-0.4, -0.2) is 0 Å². The van der Waals surface area contributed by atoms with Crippen molar-refractivity contribution in [3.63, 3.8) is 0 Å². The maximum absolute atomic E-state index is 2.57. The summed E-state index contributed by atoms with van der Waals surface area (Å²) in [5.41, 5.74) is 0.762. The molecule has 0 saturated heterocycles. The minimum atomic E-state index is 0.762. The highest BCUT2D eigenvalue weighted by atomic mass is 14.6. The summed E-state index contributed by atoms with van der Waals surface area (Å²) >= 11 is 0. The van der Waals surface area contributed by atoms with E-state index in [1.807, 2.05) is 0 Å². The molecule has 0 aromatic carbocycles. The largest absolute Gasteiger partial charge is 0.0648 e. The van der Waals surface area contributed by atoms with E-state index in [1.54, 1.807) is 25.7 Å². The molecule has 4 rings (SSSR count). The first-order chi connectivity index (χ1) is 5.74. The Morgan fingerprint density at radius 3 is 2.67 bits per heavy atom. The fraction of sp³-hybridized carbons (Fsp3) is 1.00. The van der Waals surface area contributed by atoms with Crippen molar-refractivity contribution < 1.29 is 0 Å². The maximum atomic E-state index is 2.57. The third-order valence-electron chi connectivity index (χ3n) is 5.54. The first kappa shape index (κ1) is 7.41. The van der Waals surface area contributed by atoms with Crippen molar-refractivity contribution in [2.45, 2.75) is 46.0 Å². The molecule has 12 heavy (non-hydrogen) atoms. The van der Waals surface area contributed by atoms with Gasteiger partial charge in [0.05, 0.1) is 0 Å². The van der Waals surface area contributed by atoms with E-state index < -0.39 is 0 Å². The molecular formula is C12H20. The van der Waals surface area contributed by atoms with Crippen molar-refractivity contribution in [3.05, 3.63) is 0 Å². The molecule has 0 amide bonds. The summed E-state index contributed by atoms with van der Waals surface area (Å²) in [4.78, 5) is 0. The zero-order chi connectivity index (χ0) is 8.34. The molecule has 0 radical (unpaired) electrons. The smallest absolute Gasteiger partial charge is 0.0269 e. The van der Waals surface area contributed by atoms with Crippen LogP contribution in [0.5, 0.6) is 0 Å². The molecule has 4 saturated carbocycles. The summed E-state index contributed by atoms with van der Waals surface area (Å²) in [6, 6.07) is 0. The Kier molecular flexibility index (Phi) is 1.28. The van der Waals surface area contributed by atoms with Gasteiger partial charge in [-0.05, 0) is 54.8 Å². The van der Waals surface area contributed by atoms with E-state index in [9.17, 15) is 0 Å². The minimum Gasteiger partial charge on any atom is -0.0648 e. The molecule has 5 unspecified atom stereocenters. The molecule has 0 aliphatic heterocycles. The van der Waals surface area contributed by atoms with Crippen molar-refractivity contribution >= 4 is 0 Å². The van der Waals surface area contributed by atoms with Gasteiger partial charge in [0.1, 0.15) is 0 Å². The summed E-state index contributed by atoms with van der Waals surface area (Å²) in [6.45, 7) is 4.98. The molecule has 0 nitrogen and oxygen atoms in total. The molecule has 5 atom stereocenters. The van der Waals surface area contributed by atoms with Crippen molar-refractivity contribution in [1.82, 2.24) is 0 Å². The van der Waals surface area contributed by atoms with Gasteiger partial charge in [0, 0.05) is 0 Å². The number of hydrogen-bond donors (Lipinski definition) is 0. The molecular weight excluding hydrogens is 144 g/mol. The molecule has 4 fully saturated rings. The van der Waals surface area contributed by atoms with Gasteiger partial charge < -0.3 is 0 Å². The Labute approximate surface area is 75.7 Å². The lowest BCUT2D eigenvalue weighted by molar-refractivity contribution is 0.0843. The molecule has 0 aromatic rings. The number of rotatable bonds is 1. The van der Waals surface area contributed by atoms with E-state index in [-0.39, 0.29) is 0 Å². The molecule has 0 heteroatoms. The maximum Gasteiger partial charge on any atom is -0.0269 e. The Morgan fingerprint density at radius 1 is 1.17 bits per heavy atom. The summed E-state index contributed by atoms with van der Waals surface area (Å²) < 4.78 is 0. The van der Waals surface area contributed by atoms with Gasteiger partial charge >= 0.3 is 0 Å². The lowest BCUT2D eigenvalue weighted by atomic mass is 9.64. The molecule has 4 aliphatic carbocycles. The van der Waals surface area contributed by atoms with Crippen LogP contribution in [0.15, 0.2) is 0 Å². The van der Waals surface area contributed by atoms with Crippen molar-refractivity contribution in [1.29, 1.82) is 0 Å². The summed E-state index contributed by atoms with van der Waals surface area (Å²) in [6.07, 6.45) is 7.79. The Hall–Kier alpha value is 0. The lowest BCUT2D eigenvalue weighted by Gasteiger charge is -2.41. The van der Waals surface area contributed by atoms with Crippen molar-refractivity contribution in [2.75, 3.05) is 0 Å². The SMILES string of the molecule is CCC1(C)C2CC3CC(C2)C1C3. The molecule has 0 spiro atoms. The normalized spacial score (nSPS) is 61.5. The lowest BCUT2D eigenvalue weighted by Crippen LogP contribution is -2.33. The minimum absolute atomic E-state index is 0.762. The standard InChI is InChI=1S/C12H20/c1-3-12(2)10-5-8-4-9(7-10)11(12)6-8/h8-11H,3-7H2,1-2H3. The van der Waals surface area contributed by atoms with Crippen LogP contribution in [0.4, 0.5) is 0 Å². The van der Waals surface area contributed by atoms with Crippen LogP contribution in [0.3, 0.4) is 0 Å². The monoisotopic (exact) mass is 164 g/mol. The quantitative estimate of drug-likeness (QED) is 0.556. The molecule has 0 N–H and O–H groups in total. The van der Waals surface area contributed by atoms with Gasteiger partial charge in [-0.2, -0.15) is 0 Å². The molecule has 4 bridgehead atoms. The van der Waals surface area contributed by atoms with E-state index in [1.165, 1.54) is 6.42 Å². The van der Waals surface area contributed by atoms with Crippen LogP contribution in [-0.2, 0) is 0 Å². The summed E-state index contributed by atoms with van der Waals surface area (Å²) in [7, 11) is 0. The van der Waals surface area contributed by atoms with Crippen LogP contribution in [0, 0.1) is 29.1 Å². The van der Waals surface area contributed by atoms with Crippen LogP contribution >= 0.6 is 0 Å². The fourth-order valence-corrected chi connectivity index (χ4v) is 4.76. The van der Waals surface area contributed by atoms with Crippen LogP contribution in [0.2, 0.25) is 0 Å². The average Bonchev–Trinajstić information content (AvgIpc) is 2.47. The van der Waals surface area contributed by atoms with Gasteiger partial charge in [0.15, 0.2) is 0 Å². The Balaban J connectivity index is 1.99. The van der Waals surface area contributed by atoms with Crippen LogP contribution in [0.25, 0.3) is 0 Å². The zero-order valence-corrected chi connectivity index (χ0v) is 8.34. The first-order valence-electron chi connectivity index (χ1n) is 5.74. The molecule has 68 valence electrons. The van der Waals surface area contributed by atoms with Gasteiger partial charge in [0.25, 0.3) is 0 Å². The summed E-state index contributed by atoms with van der Waals surface area (Å²) in [5.74, 6) is 4.55. The van der Waals surface area contributed by atoms with Gasteiger partial charge in [-0.15, -0.1) is 0 Å². The molecule has 0 aromatic heterocycles. The average molecular weight is 164 g/mol. The topological polar surface area (TPSA) is 0 Å². The van der Waals surface area contributed by atoms with Crippen molar-refractivity contribution in [2.24, 2.45) is 29.1 Å². The number of hydrogen-bond acceptors (Lipinski definition) is 0. The van der Waals surface area contributed by atoms with E-state index in [2.05, 4.69) is 13.8 Å². The predicted molar refractivity (Wildman–Crippen MR) is 50.8 cm³/mol. The Bertz CT molecular complexity index is 204. The summed E-state index contributed by atoms with van der Waals surface area (Å²) in [5, 5.41) is 0. The highest BCUT2D eigenvalue weighted by Crippen LogP contribution is 2.67. The molecule has 4 aliphatic rings. The van der Waals surface area contributed by atoms with Crippen molar-refractivity contribution in [3.8, 4) is 0 Å².